The number of hydrogen-bond acceptors (Lipinski definition) is 3. The monoisotopic (exact) mass is 238 g/mol. The molecule has 0 atom stereocenters. The Morgan fingerprint density at radius 1 is 1.17 bits per heavy atom. The smallest absolute Gasteiger partial charge is 0.258 e. The third kappa shape index (κ3) is 1.82. The number of nitrogens with one attached hydrogen (secondary N) is 1. The minimum absolute atomic E-state index is 0.200. The van der Waals surface area contributed by atoms with Crippen molar-refractivity contribution in [3.05, 3.63) is 60.7 Å². The molecule has 0 aromatic carbocycles. The van der Waals surface area contributed by atoms with Crippen LogP contribution in [0.25, 0.3) is 5.52 Å². The highest BCUT2D eigenvalue weighted by molar-refractivity contribution is 6.03. The summed E-state index contributed by atoms with van der Waals surface area (Å²) in [5.41, 5.74) is 1.49. The van der Waals surface area contributed by atoms with Crippen molar-refractivity contribution in [1.29, 1.82) is 0 Å². The van der Waals surface area contributed by atoms with E-state index in [1.807, 2.05) is 28.8 Å². The summed E-state index contributed by atoms with van der Waals surface area (Å²) in [7, 11) is 0. The maximum Gasteiger partial charge on any atom is 0.258 e. The summed E-state index contributed by atoms with van der Waals surface area (Å²) in [5.74, 6) is 0.307. The highest BCUT2D eigenvalue weighted by Crippen LogP contribution is 2.11. The second-order valence-electron chi connectivity index (χ2n) is 3.77. The number of fused-ring (bicyclic) bond motifs is 1. The Kier molecular flexibility index (Phi) is 2.49. The van der Waals surface area contributed by atoms with Crippen LogP contribution in [0.1, 0.15) is 10.4 Å². The summed E-state index contributed by atoms with van der Waals surface area (Å²) < 4.78 is 1.82. The van der Waals surface area contributed by atoms with E-state index in [1.54, 1.807) is 30.7 Å². The van der Waals surface area contributed by atoms with Crippen molar-refractivity contribution in [3.8, 4) is 0 Å². The summed E-state index contributed by atoms with van der Waals surface area (Å²) in [4.78, 5) is 20.0. The van der Waals surface area contributed by atoms with Gasteiger partial charge in [-0.1, -0.05) is 6.07 Å². The number of nitrogens with zero attached hydrogens (tertiary/aromatic N) is 3. The van der Waals surface area contributed by atoms with Crippen LogP contribution in [-0.4, -0.2) is 20.3 Å². The molecule has 3 rings (SSSR count). The van der Waals surface area contributed by atoms with Gasteiger partial charge in [0.25, 0.3) is 5.91 Å². The predicted octanol–water partition coefficient (Wildman–Crippen LogP) is 1.98. The van der Waals surface area contributed by atoms with Gasteiger partial charge in [-0.05, 0) is 24.3 Å². The number of carbonyl (C=O) groups excluding carboxylic acids is 1. The Morgan fingerprint density at radius 2 is 2.00 bits per heavy atom. The van der Waals surface area contributed by atoms with E-state index in [1.165, 1.54) is 0 Å². The first-order chi connectivity index (χ1) is 8.84. The van der Waals surface area contributed by atoms with E-state index in [9.17, 15) is 4.79 Å². The van der Waals surface area contributed by atoms with Gasteiger partial charge in [-0.15, -0.1) is 0 Å². The van der Waals surface area contributed by atoms with Crippen molar-refractivity contribution in [1.82, 2.24) is 14.4 Å². The molecule has 18 heavy (non-hydrogen) atoms. The van der Waals surface area contributed by atoms with Crippen molar-refractivity contribution in [2.45, 2.75) is 0 Å². The normalized spacial score (nSPS) is 10.4. The minimum atomic E-state index is -0.200. The van der Waals surface area contributed by atoms with Crippen LogP contribution in [0.4, 0.5) is 5.95 Å². The second-order valence-corrected chi connectivity index (χ2v) is 3.77. The van der Waals surface area contributed by atoms with Gasteiger partial charge in [0.05, 0.1) is 11.7 Å². The molecule has 0 bridgehead atoms. The van der Waals surface area contributed by atoms with E-state index < -0.39 is 0 Å². The first-order valence-corrected chi connectivity index (χ1v) is 5.48. The molecule has 0 aliphatic heterocycles. The van der Waals surface area contributed by atoms with Crippen LogP contribution in [0.3, 0.4) is 0 Å². The van der Waals surface area contributed by atoms with E-state index in [0.717, 1.165) is 5.52 Å². The molecule has 0 radical (unpaired) electrons. The van der Waals surface area contributed by atoms with Gasteiger partial charge >= 0.3 is 0 Å². The van der Waals surface area contributed by atoms with Gasteiger partial charge in [0.15, 0.2) is 0 Å². The summed E-state index contributed by atoms with van der Waals surface area (Å²) in [6, 6.07) is 9.05. The minimum Gasteiger partial charge on any atom is -0.292 e. The number of rotatable bonds is 2. The Bertz CT molecular complexity index is 690. The van der Waals surface area contributed by atoms with Crippen molar-refractivity contribution < 1.29 is 4.79 Å². The van der Waals surface area contributed by atoms with Crippen LogP contribution >= 0.6 is 0 Å². The van der Waals surface area contributed by atoms with Crippen LogP contribution < -0.4 is 5.32 Å². The molecule has 1 N–H and O–H groups in total. The topological polar surface area (TPSA) is 59.3 Å². The highest BCUT2D eigenvalue weighted by Gasteiger charge is 2.09. The van der Waals surface area contributed by atoms with E-state index in [0.29, 0.717) is 11.5 Å². The van der Waals surface area contributed by atoms with E-state index in [2.05, 4.69) is 15.3 Å². The zero-order chi connectivity index (χ0) is 12.4. The summed E-state index contributed by atoms with van der Waals surface area (Å²) >= 11 is 0. The van der Waals surface area contributed by atoms with Crippen molar-refractivity contribution >= 4 is 17.4 Å². The number of hydrogen-bond donors (Lipinski definition) is 1. The van der Waals surface area contributed by atoms with E-state index in [-0.39, 0.29) is 5.91 Å². The van der Waals surface area contributed by atoms with Crippen molar-refractivity contribution in [2.24, 2.45) is 0 Å². The van der Waals surface area contributed by atoms with Crippen LogP contribution in [0.15, 0.2) is 55.1 Å². The molecule has 0 unspecified atom stereocenters. The summed E-state index contributed by atoms with van der Waals surface area (Å²) in [6.45, 7) is 0. The first kappa shape index (κ1) is 10.5. The summed E-state index contributed by atoms with van der Waals surface area (Å²) in [5, 5.41) is 2.77. The summed E-state index contributed by atoms with van der Waals surface area (Å²) in [6.07, 6.45) is 6.73. The van der Waals surface area contributed by atoms with Gasteiger partial charge < -0.3 is 0 Å². The number of aromatic nitrogens is 3. The molecule has 0 spiro atoms. The Balaban J connectivity index is 1.91. The number of anilines is 1. The average Bonchev–Trinajstić information content (AvgIpc) is 2.83. The SMILES string of the molecule is O=C(Nc1ncc2ccccn12)c1ccncc1. The van der Waals surface area contributed by atoms with E-state index >= 15 is 0 Å². The van der Waals surface area contributed by atoms with Crippen LogP contribution in [0.5, 0.6) is 0 Å². The molecule has 3 heterocycles. The van der Waals surface area contributed by atoms with Gasteiger partial charge in [0, 0.05) is 24.2 Å². The average molecular weight is 238 g/mol. The van der Waals surface area contributed by atoms with Gasteiger partial charge in [-0.25, -0.2) is 4.98 Å². The Morgan fingerprint density at radius 3 is 2.83 bits per heavy atom. The molecule has 0 fully saturated rings. The standard InChI is InChI=1S/C13H10N4O/c18-12(10-4-6-14-7-5-10)16-13-15-9-11-3-1-2-8-17(11)13/h1-9H,(H,15,16,18). The maximum absolute atomic E-state index is 12.0. The molecule has 1 amide bonds. The lowest BCUT2D eigenvalue weighted by Gasteiger charge is -2.03. The fourth-order valence-corrected chi connectivity index (χ4v) is 1.71. The van der Waals surface area contributed by atoms with Gasteiger partial charge in [-0.2, -0.15) is 0 Å². The zero-order valence-electron chi connectivity index (χ0n) is 9.45. The highest BCUT2D eigenvalue weighted by atomic mass is 16.1. The lowest BCUT2D eigenvalue weighted by Crippen LogP contribution is -2.14. The van der Waals surface area contributed by atoms with Gasteiger partial charge in [0.2, 0.25) is 5.95 Å². The molecule has 0 aliphatic rings. The molecular formula is C13H10N4O. The molecule has 0 saturated carbocycles. The van der Waals surface area contributed by atoms with E-state index in [4.69, 9.17) is 0 Å². The molecule has 3 aromatic rings. The van der Waals surface area contributed by atoms with Crippen molar-refractivity contribution in [3.63, 3.8) is 0 Å². The molecule has 5 nitrogen and oxygen atoms in total. The van der Waals surface area contributed by atoms with Crippen molar-refractivity contribution in [2.75, 3.05) is 5.32 Å². The van der Waals surface area contributed by atoms with Gasteiger partial charge in [-0.3, -0.25) is 19.5 Å². The fraction of sp³-hybridized carbons (Fsp3) is 0. The lowest BCUT2D eigenvalue weighted by atomic mass is 10.2. The number of pyridine rings is 2. The molecule has 5 heteroatoms. The molecule has 88 valence electrons. The van der Waals surface area contributed by atoms with Gasteiger partial charge in [0.1, 0.15) is 0 Å². The fourth-order valence-electron chi connectivity index (χ4n) is 1.71. The van der Waals surface area contributed by atoms with Crippen LogP contribution in [0, 0.1) is 0 Å². The first-order valence-electron chi connectivity index (χ1n) is 5.48. The zero-order valence-corrected chi connectivity index (χ0v) is 9.45. The Hall–Kier alpha value is -2.69. The Labute approximate surface area is 103 Å². The second kappa shape index (κ2) is 4.29. The number of amides is 1. The maximum atomic E-state index is 12.0. The van der Waals surface area contributed by atoms with Crippen LogP contribution in [-0.2, 0) is 0 Å². The third-order valence-electron chi connectivity index (χ3n) is 2.61. The molecule has 0 saturated heterocycles. The number of imidazole rings is 1. The van der Waals surface area contributed by atoms with Crippen LogP contribution in [0.2, 0.25) is 0 Å². The quantitative estimate of drug-likeness (QED) is 0.742. The third-order valence-corrected chi connectivity index (χ3v) is 2.61. The largest absolute Gasteiger partial charge is 0.292 e. The molecular weight excluding hydrogens is 228 g/mol. The molecule has 0 aliphatic carbocycles. The number of carbonyl (C=O) groups is 1. The molecule has 3 aromatic heterocycles. The predicted molar refractivity (Wildman–Crippen MR) is 67.4 cm³/mol. The lowest BCUT2D eigenvalue weighted by molar-refractivity contribution is 0.102.